The predicted molar refractivity (Wildman–Crippen MR) is 61.4 cm³/mol. The molecule has 1 aromatic heterocycles. The monoisotopic (exact) mass is 237 g/mol. The summed E-state index contributed by atoms with van der Waals surface area (Å²) in [7, 11) is 1.51. The van der Waals surface area contributed by atoms with E-state index >= 15 is 0 Å². The fourth-order valence-electron chi connectivity index (χ4n) is 1.74. The molecule has 2 aromatic rings. The van der Waals surface area contributed by atoms with Crippen LogP contribution in [0.2, 0.25) is 0 Å². The molecule has 0 aliphatic rings. The van der Waals surface area contributed by atoms with Crippen LogP contribution in [0.15, 0.2) is 42.6 Å². The Bertz CT molecular complexity index is 468. The molecule has 0 aliphatic carbocycles. The molecule has 0 amide bonds. The van der Waals surface area contributed by atoms with E-state index < -0.39 is 12.5 Å². The van der Waals surface area contributed by atoms with E-state index in [0.717, 1.165) is 5.69 Å². The number of alkyl halides is 2. The molecule has 3 nitrogen and oxygen atoms in total. The van der Waals surface area contributed by atoms with Crippen LogP contribution in [0.1, 0.15) is 11.7 Å². The summed E-state index contributed by atoms with van der Waals surface area (Å²) in [4.78, 5) is 0. The van der Waals surface area contributed by atoms with Crippen molar-refractivity contribution in [1.82, 2.24) is 15.1 Å². The smallest absolute Gasteiger partial charge is 0.259 e. The Balaban J connectivity index is 2.41. The molecule has 5 heteroatoms. The topological polar surface area (TPSA) is 29.9 Å². The summed E-state index contributed by atoms with van der Waals surface area (Å²) in [6, 6.07) is 9.80. The Morgan fingerprint density at radius 3 is 2.47 bits per heavy atom. The van der Waals surface area contributed by atoms with Crippen molar-refractivity contribution in [2.75, 3.05) is 7.05 Å². The number of benzene rings is 1. The average molecular weight is 237 g/mol. The lowest BCUT2D eigenvalue weighted by atomic mass is 10.2. The van der Waals surface area contributed by atoms with Gasteiger partial charge in [-0.15, -0.1) is 0 Å². The minimum absolute atomic E-state index is 0.453. The first-order valence-corrected chi connectivity index (χ1v) is 5.29. The molecule has 0 bridgehead atoms. The molecular formula is C12H13F2N3. The molecular weight excluding hydrogens is 224 g/mol. The van der Waals surface area contributed by atoms with E-state index in [0.29, 0.717) is 5.69 Å². The maximum atomic E-state index is 12.9. The Labute approximate surface area is 98.1 Å². The Morgan fingerprint density at radius 2 is 1.88 bits per heavy atom. The molecule has 0 radical (unpaired) electrons. The lowest BCUT2D eigenvalue weighted by Gasteiger charge is -2.16. The minimum atomic E-state index is -2.47. The first-order valence-electron chi connectivity index (χ1n) is 5.29. The molecule has 2 rings (SSSR count). The quantitative estimate of drug-likeness (QED) is 0.884. The largest absolute Gasteiger partial charge is 0.307 e. The van der Waals surface area contributed by atoms with Gasteiger partial charge in [0.1, 0.15) is 6.04 Å². The zero-order chi connectivity index (χ0) is 12.3. The van der Waals surface area contributed by atoms with Crippen LogP contribution in [0, 0.1) is 0 Å². The molecule has 0 spiro atoms. The van der Waals surface area contributed by atoms with Gasteiger partial charge in [-0.1, -0.05) is 18.2 Å². The van der Waals surface area contributed by atoms with Crippen LogP contribution in [0.3, 0.4) is 0 Å². The lowest BCUT2D eigenvalue weighted by Crippen LogP contribution is -2.26. The van der Waals surface area contributed by atoms with Gasteiger partial charge in [-0.25, -0.2) is 13.5 Å². The maximum absolute atomic E-state index is 12.9. The van der Waals surface area contributed by atoms with Crippen molar-refractivity contribution in [3.05, 3.63) is 48.3 Å². The number of nitrogens with one attached hydrogen (secondary N) is 1. The van der Waals surface area contributed by atoms with Crippen molar-refractivity contribution in [1.29, 1.82) is 0 Å². The molecule has 1 N–H and O–H groups in total. The number of hydrogen-bond donors (Lipinski definition) is 1. The minimum Gasteiger partial charge on any atom is -0.307 e. The zero-order valence-corrected chi connectivity index (χ0v) is 9.35. The van der Waals surface area contributed by atoms with Gasteiger partial charge in [0.05, 0.1) is 11.4 Å². The van der Waals surface area contributed by atoms with Crippen LogP contribution >= 0.6 is 0 Å². The highest BCUT2D eigenvalue weighted by molar-refractivity contribution is 5.33. The maximum Gasteiger partial charge on any atom is 0.259 e. The normalized spacial score (nSPS) is 12.9. The molecule has 0 fully saturated rings. The van der Waals surface area contributed by atoms with Crippen LogP contribution in [-0.2, 0) is 0 Å². The summed E-state index contributed by atoms with van der Waals surface area (Å²) in [5.41, 5.74) is 1.22. The van der Waals surface area contributed by atoms with Gasteiger partial charge in [0.15, 0.2) is 0 Å². The highest BCUT2D eigenvalue weighted by Gasteiger charge is 2.24. The molecule has 0 saturated carbocycles. The number of para-hydroxylation sites is 1. The standard InChI is InChI=1S/C12H13F2N3/c1-15-11(12(13)14)10-7-8-16-17(10)9-5-3-2-4-6-9/h2-8,11-12,15H,1H3. The summed E-state index contributed by atoms with van der Waals surface area (Å²) >= 11 is 0. The number of halogens is 2. The Kier molecular flexibility index (Phi) is 3.49. The van der Waals surface area contributed by atoms with Gasteiger partial charge in [-0.3, -0.25) is 0 Å². The number of nitrogens with zero attached hydrogens (tertiary/aromatic N) is 2. The van der Waals surface area contributed by atoms with Crippen molar-refractivity contribution in [2.24, 2.45) is 0 Å². The molecule has 1 atom stereocenters. The summed E-state index contributed by atoms with van der Waals surface area (Å²) in [5.74, 6) is 0. The van der Waals surface area contributed by atoms with E-state index in [4.69, 9.17) is 0 Å². The molecule has 1 aromatic carbocycles. The van der Waals surface area contributed by atoms with E-state index in [9.17, 15) is 8.78 Å². The number of rotatable bonds is 4. The average Bonchev–Trinajstić information content (AvgIpc) is 2.80. The van der Waals surface area contributed by atoms with Crippen LogP contribution in [0.4, 0.5) is 8.78 Å². The third kappa shape index (κ3) is 2.34. The first kappa shape index (κ1) is 11.7. The van der Waals surface area contributed by atoms with Crippen molar-refractivity contribution in [2.45, 2.75) is 12.5 Å². The molecule has 0 saturated heterocycles. The van der Waals surface area contributed by atoms with E-state index in [-0.39, 0.29) is 0 Å². The Morgan fingerprint density at radius 1 is 1.18 bits per heavy atom. The van der Waals surface area contributed by atoms with Crippen molar-refractivity contribution < 1.29 is 8.78 Å². The number of hydrogen-bond acceptors (Lipinski definition) is 2. The molecule has 90 valence electrons. The third-order valence-electron chi connectivity index (χ3n) is 2.55. The van der Waals surface area contributed by atoms with Gasteiger partial charge in [-0.05, 0) is 25.2 Å². The molecule has 1 heterocycles. The van der Waals surface area contributed by atoms with E-state index in [1.807, 2.05) is 30.3 Å². The Hall–Kier alpha value is -1.75. The molecule has 17 heavy (non-hydrogen) atoms. The summed E-state index contributed by atoms with van der Waals surface area (Å²) in [5, 5.41) is 6.68. The second-order valence-electron chi connectivity index (χ2n) is 3.60. The van der Waals surface area contributed by atoms with Gasteiger partial charge in [0, 0.05) is 6.20 Å². The van der Waals surface area contributed by atoms with Gasteiger partial charge < -0.3 is 5.32 Å². The van der Waals surface area contributed by atoms with Gasteiger partial charge in [-0.2, -0.15) is 5.10 Å². The fourth-order valence-corrected chi connectivity index (χ4v) is 1.74. The van der Waals surface area contributed by atoms with Crippen LogP contribution in [0.25, 0.3) is 5.69 Å². The summed E-state index contributed by atoms with van der Waals surface area (Å²) < 4.78 is 27.2. The highest BCUT2D eigenvalue weighted by Crippen LogP contribution is 2.22. The zero-order valence-electron chi connectivity index (χ0n) is 9.35. The van der Waals surface area contributed by atoms with Crippen LogP contribution in [0.5, 0.6) is 0 Å². The summed E-state index contributed by atoms with van der Waals surface area (Å²) in [6.07, 6.45) is -0.950. The molecule has 1 unspecified atom stereocenters. The van der Waals surface area contributed by atoms with Crippen LogP contribution < -0.4 is 5.32 Å². The SMILES string of the molecule is CNC(c1ccnn1-c1ccccc1)C(F)F. The van der Waals surface area contributed by atoms with Crippen LogP contribution in [-0.4, -0.2) is 23.3 Å². The fraction of sp³-hybridized carbons (Fsp3) is 0.250. The number of aromatic nitrogens is 2. The predicted octanol–water partition coefficient (Wildman–Crippen LogP) is 2.40. The second-order valence-corrected chi connectivity index (χ2v) is 3.60. The van der Waals surface area contributed by atoms with E-state index in [2.05, 4.69) is 10.4 Å². The van der Waals surface area contributed by atoms with Gasteiger partial charge in [0.25, 0.3) is 6.43 Å². The second kappa shape index (κ2) is 5.05. The highest BCUT2D eigenvalue weighted by atomic mass is 19.3. The summed E-state index contributed by atoms with van der Waals surface area (Å²) in [6.45, 7) is 0. The van der Waals surface area contributed by atoms with Crippen molar-refractivity contribution in [3.63, 3.8) is 0 Å². The van der Waals surface area contributed by atoms with E-state index in [1.54, 1.807) is 6.07 Å². The van der Waals surface area contributed by atoms with Crippen molar-refractivity contribution >= 4 is 0 Å². The lowest BCUT2D eigenvalue weighted by molar-refractivity contribution is 0.0993. The third-order valence-corrected chi connectivity index (χ3v) is 2.55. The van der Waals surface area contributed by atoms with E-state index in [1.165, 1.54) is 17.9 Å². The molecule has 0 aliphatic heterocycles. The van der Waals surface area contributed by atoms with Gasteiger partial charge >= 0.3 is 0 Å². The first-order chi connectivity index (χ1) is 8.24. The van der Waals surface area contributed by atoms with Gasteiger partial charge in [0.2, 0.25) is 0 Å². The van der Waals surface area contributed by atoms with Crippen molar-refractivity contribution in [3.8, 4) is 5.69 Å².